The average molecular weight is 366 g/mol. The lowest BCUT2D eigenvalue weighted by molar-refractivity contribution is 0.1000. The highest BCUT2D eigenvalue weighted by Gasteiger charge is 2.27. The first kappa shape index (κ1) is 17.2. The summed E-state index contributed by atoms with van der Waals surface area (Å²) in [7, 11) is 2.01. The molecule has 0 saturated carbocycles. The van der Waals surface area contributed by atoms with Gasteiger partial charge in [-0.3, -0.25) is 4.79 Å². The zero-order chi connectivity index (χ0) is 18.8. The molecule has 9 heteroatoms. The fourth-order valence-electron chi connectivity index (χ4n) is 3.55. The van der Waals surface area contributed by atoms with Crippen molar-refractivity contribution in [3.63, 3.8) is 0 Å². The Kier molecular flexibility index (Phi) is 4.57. The van der Waals surface area contributed by atoms with E-state index in [4.69, 9.17) is 5.73 Å². The SMILES string of the molecule is Cn1c(Cn2ccnc2)nnc1[C@@H]1CCCN(c2cc(C(N)=O)ccn2)C1. The van der Waals surface area contributed by atoms with Crippen molar-refractivity contribution in [3.8, 4) is 0 Å². The molecular weight excluding hydrogens is 344 g/mol. The number of carbonyl (C=O) groups excluding carboxylic acids is 1. The molecule has 1 aliphatic rings. The number of pyridine rings is 1. The van der Waals surface area contributed by atoms with Gasteiger partial charge in [0.25, 0.3) is 0 Å². The highest BCUT2D eigenvalue weighted by molar-refractivity contribution is 5.93. The van der Waals surface area contributed by atoms with Gasteiger partial charge in [0.15, 0.2) is 5.82 Å². The summed E-state index contributed by atoms with van der Waals surface area (Å²) in [5.41, 5.74) is 5.87. The van der Waals surface area contributed by atoms with Gasteiger partial charge in [-0.2, -0.15) is 0 Å². The topological polar surface area (TPSA) is 108 Å². The largest absolute Gasteiger partial charge is 0.366 e. The van der Waals surface area contributed by atoms with Crippen molar-refractivity contribution in [3.05, 3.63) is 54.3 Å². The number of nitrogens with two attached hydrogens (primary N) is 1. The molecule has 140 valence electrons. The third-order valence-corrected chi connectivity index (χ3v) is 5.02. The third kappa shape index (κ3) is 3.53. The van der Waals surface area contributed by atoms with Crippen LogP contribution in [0.25, 0.3) is 0 Å². The minimum atomic E-state index is -0.440. The number of amides is 1. The van der Waals surface area contributed by atoms with Crippen molar-refractivity contribution in [2.75, 3.05) is 18.0 Å². The number of aromatic nitrogens is 6. The summed E-state index contributed by atoms with van der Waals surface area (Å²) in [6.45, 7) is 2.32. The highest BCUT2D eigenvalue weighted by atomic mass is 16.1. The first-order valence-corrected chi connectivity index (χ1v) is 8.96. The van der Waals surface area contributed by atoms with Gasteiger partial charge in [0.2, 0.25) is 5.91 Å². The van der Waals surface area contributed by atoms with Crippen molar-refractivity contribution in [2.24, 2.45) is 12.8 Å². The number of hydrogen-bond donors (Lipinski definition) is 1. The van der Waals surface area contributed by atoms with Crippen LogP contribution in [-0.2, 0) is 13.6 Å². The minimum absolute atomic E-state index is 0.256. The second kappa shape index (κ2) is 7.18. The van der Waals surface area contributed by atoms with Crippen LogP contribution >= 0.6 is 0 Å². The van der Waals surface area contributed by atoms with Gasteiger partial charge in [0.05, 0.1) is 12.9 Å². The predicted octanol–water partition coefficient (Wildman–Crippen LogP) is 0.938. The Morgan fingerprint density at radius 1 is 1.33 bits per heavy atom. The molecule has 1 aliphatic heterocycles. The van der Waals surface area contributed by atoms with E-state index in [1.54, 1.807) is 30.9 Å². The van der Waals surface area contributed by atoms with Crippen LogP contribution in [-0.4, -0.2) is 48.3 Å². The zero-order valence-corrected chi connectivity index (χ0v) is 15.2. The lowest BCUT2D eigenvalue weighted by Crippen LogP contribution is -2.36. The lowest BCUT2D eigenvalue weighted by Gasteiger charge is -2.33. The Bertz CT molecular complexity index is 933. The first-order chi connectivity index (χ1) is 13.1. The summed E-state index contributed by atoms with van der Waals surface area (Å²) in [6, 6.07) is 3.39. The average Bonchev–Trinajstić information content (AvgIpc) is 3.33. The number of nitrogens with zero attached hydrogens (tertiary/aromatic N) is 7. The van der Waals surface area contributed by atoms with Gasteiger partial charge in [0.1, 0.15) is 11.6 Å². The van der Waals surface area contributed by atoms with Crippen molar-refractivity contribution in [1.82, 2.24) is 29.3 Å². The molecule has 0 radical (unpaired) electrons. The van der Waals surface area contributed by atoms with Crippen molar-refractivity contribution in [1.29, 1.82) is 0 Å². The molecule has 3 aromatic rings. The van der Waals surface area contributed by atoms with Crippen LogP contribution in [0.5, 0.6) is 0 Å². The van der Waals surface area contributed by atoms with Crippen molar-refractivity contribution >= 4 is 11.7 Å². The maximum atomic E-state index is 11.4. The molecule has 1 amide bonds. The fourth-order valence-corrected chi connectivity index (χ4v) is 3.55. The normalized spacial score (nSPS) is 17.2. The molecule has 1 atom stereocenters. The number of carbonyl (C=O) groups is 1. The molecule has 4 heterocycles. The van der Waals surface area contributed by atoms with E-state index in [9.17, 15) is 4.79 Å². The van der Waals surface area contributed by atoms with E-state index in [-0.39, 0.29) is 5.92 Å². The summed E-state index contributed by atoms with van der Waals surface area (Å²) in [6.07, 6.45) is 9.14. The molecule has 0 bridgehead atoms. The standard InChI is InChI=1S/C18H22N8O/c1-24-16(11-25-8-6-20-12-25)22-23-18(24)14-3-2-7-26(10-14)15-9-13(17(19)27)4-5-21-15/h4-6,8-9,12,14H,2-3,7,10-11H2,1H3,(H2,19,27)/t14-/m1/s1. The Morgan fingerprint density at radius 2 is 2.22 bits per heavy atom. The Balaban J connectivity index is 1.52. The van der Waals surface area contributed by atoms with Gasteiger partial charge in [-0.25, -0.2) is 9.97 Å². The monoisotopic (exact) mass is 366 g/mol. The maximum Gasteiger partial charge on any atom is 0.248 e. The Morgan fingerprint density at radius 3 is 3.00 bits per heavy atom. The molecule has 1 saturated heterocycles. The van der Waals surface area contributed by atoms with Crippen LogP contribution in [0, 0.1) is 0 Å². The molecule has 0 spiro atoms. The zero-order valence-electron chi connectivity index (χ0n) is 15.2. The van der Waals surface area contributed by atoms with E-state index in [1.807, 2.05) is 17.8 Å². The van der Waals surface area contributed by atoms with E-state index in [0.29, 0.717) is 12.1 Å². The summed E-state index contributed by atoms with van der Waals surface area (Å²) in [5.74, 6) is 2.46. The molecule has 0 aromatic carbocycles. The summed E-state index contributed by atoms with van der Waals surface area (Å²) < 4.78 is 4.04. The number of primary amides is 1. The van der Waals surface area contributed by atoms with Crippen LogP contribution in [0.3, 0.4) is 0 Å². The predicted molar refractivity (Wildman–Crippen MR) is 99.3 cm³/mol. The van der Waals surface area contributed by atoms with Crippen molar-refractivity contribution < 1.29 is 4.79 Å². The number of hydrogen-bond acceptors (Lipinski definition) is 6. The molecule has 0 aliphatic carbocycles. The minimum Gasteiger partial charge on any atom is -0.366 e. The molecule has 0 unspecified atom stereocenters. The number of piperidine rings is 1. The molecule has 3 aromatic heterocycles. The Labute approximate surface area is 156 Å². The molecule has 27 heavy (non-hydrogen) atoms. The molecule has 2 N–H and O–H groups in total. The second-order valence-electron chi connectivity index (χ2n) is 6.82. The fraction of sp³-hybridized carbons (Fsp3) is 0.389. The van der Waals surface area contributed by atoms with Crippen LogP contribution in [0.4, 0.5) is 5.82 Å². The molecule has 4 rings (SSSR count). The van der Waals surface area contributed by atoms with Gasteiger partial charge in [-0.1, -0.05) is 0 Å². The molecular formula is C18H22N8O. The summed E-state index contributed by atoms with van der Waals surface area (Å²) in [4.78, 5) is 22.1. The van der Waals surface area contributed by atoms with Gasteiger partial charge in [-0.15, -0.1) is 10.2 Å². The number of rotatable bonds is 5. The van der Waals surface area contributed by atoms with Crippen LogP contribution in [0.15, 0.2) is 37.1 Å². The van der Waals surface area contributed by atoms with E-state index >= 15 is 0 Å². The van der Waals surface area contributed by atoms with E-state index in [1.165, 1.54) is 0 Å². The van der Waals surface area contributed by atoms with E-state index in [0.717, 1.165) is 43.4 Å². The summed E-state index contributed by atoms with van der Waals surface area (Å²) >= 11 is 0. The van der Waals surface area contributed by atoms with E-state index < -0.39 is 5.91 Å². The van der Waals surface area contributed by atoms with E-state index in [2.05, 4.69) is 29.6 Å². The maximum absolute atomic E-state index is 11.4. The van der Waals surface area contributed by atoms with Gasteiger partial charge in [0, 0.05) is 50.2 Å². The first-order valence-electron chi connectivity index (χ1n) is 8.96. The third-order valence-electron chi connectivity index (χ3n) is 5.02. The van der Waals surface area contributed by atoms with Gasteiger partial charge >= 0.3 is 0 Å². The Hall–Kier alpha value is -3.23. The second-order valence-corrected chi connectivity index (χ2v) is 6.82. The van der Waals surface area contributed by atoms with Crippen LogP contribution < -0.4 is 10.6 Å². The molecule has 1 fully saturated rings. The summed E-state index contributed by atoms with van der Waals surface area (Å²) in [5, 5.41) is 8.82. The lowest BCUT2D eigenvalue weighted by atomic mass is 9.97. The van der Waals surface area contributed by atoms with Crippen molar-refractivity contribution in [2.45, 2.75) is 25.3 Å². The smallest absolute Gasteiger partial charge is 0.248 e. The van der Waals surface area contributed by atoms with Crippen LogP contribution in [0.1, 0.15) is 40.8 Å². The van der Waals surface area contributed by atoms with Crippen LogP contribution in [0.2, 0.25) is 0 Å². The number of imidazole rings is 1. The van der Waals surface area contributed by atoms with Gasteiger partial charge < -0.3 is 19.8 Å². The highest BCUT2D eigenvalue weighted by Crippen LogP contribution is 2.28. The number of anilines is 1. The molecule has 9 nitrogen and oxygen atoms in total. The van der Waals surface area contributed by atoms with Gasteiger partial charge in [-0.05, 0) is 25.0 Å². The quantitative estimate of drug-likeness (QED) is 0.720.